The predicted octanol–water partition coefficient (Wildman–Crippen LogP) is 2.76. The quantitative estimate of drug-likeness (QED) is 0.641. The average molecular weight is 330 g/mol. The van der Waals surface area contributed by atoms with Crippen LogP contribution >= 0.6 is 0 Å². The van der Waals surface area contributed by atoms with Gasteiger partial charge in [-0.15, -0.1) is 0 Å². The van der Waals surface area contributed by atoms with Gasteiger partial charge in [-0.1, -0.05) is 30.4 Å². The van der Waals surface area contributed by atoms with E-state index in [0.29, 0.717) is 6.42 Å². The summed E-state index contributed by atoms with van der Waals surface area (Å²) in [4.78, 5) is 27.3. The van der Waals surface area contributed by atoms with Gasteiger partial charge in [0.25, 0.3) is 0 Å². The Hall–Kier alpha value is -2.63. The first-order valence-corrected chi connectivity index (χ1v) is 7.92. The van der Waals surface area contributed by atoms with Crippen LogP contribution in [0.5, 0.6) is 0 Å². The maximum atomic E-state index is 12.1. The Morgan fingerprint density at radius 3 is 2.79 bits per heavy atom. The van der Waals surface area contributed by atoms with E-state index in [-0.39, 0.29) is 12.0 Å². The number of rotatable bonds is 6. The molecule has 1 aliphatic rings. The summed E-state index contributed by atoms with van der Waals surface area (Å²) < 4.78 is 9.87. The van der Waals surface area contributed by atoms with E-state index in [4.69, 9.17) is 9.47 Å². The van der Waals surface area contributed by atoms with Crippen LogP contribution in [0.1, 0.15) is 26.0 Å². The van der Waals surface area contributed by atoms with Crippen LogP contribution in [-0.2, 0) is 20.7 Å². The minimum Gasteiger partial charge on any atom is -0.426 e. The molecule has 0 radical (unpaired) electrons. The standard InChI is InChI=1S/C18H22N2O4/c1-13(21)23-14(2)24-18(22)20-17(15-8-4-3-5-9-15)12-16-10-6-7-11-19-16/h3-8,10-11,14-15,17H,9,12H2,1-2H3,(H,20,22)/t14?,15?,17-/m0/s1. The van der Waals surface area contributed by atoms with E-state index < -0.39 is 18.4 Å². The van der Waals surface area contributed by atoms with Gasteiger partial charge in [-0.3, -0.25) is 9.78 Å². The summed E-state index contributed by atoms with van der Waals surface area (Å²) in [5, 5.41) is 2.86. The summed E-state index contributed by atoms with van der Waals surface area (Å²) >= 11 is 0. The molecule has 0 fully saturated rings. The fraction of sp³-hybridized carbons (Fsp3) is 0.389. The van der Waals surface area contributed by atoms with Gasteiger partial charge in [-0.05, 0) is 18.6 Å². The Balaban J connectivity index is 1.99. The van der Waals surface area contributed by atoms with E-state index in [1.54, 1.807) is 6.20 Å². The largest absolute Gasteiger partial charge is 0.426 e. The number of allylic oxidation sites excluding steroid dienone is 3. The van der Waals surface area contributed by atoms with E-state index in [1.807, 2.05) is 30.4 Å². The summed E-state index contributed by atoms with van der Waals surface area (Å²) in [5.41, 5.74) is 0.888. The van der Waals surface area contributed by atoms with Gasteiger partial charge in [0.15, 0.2) is 0 Å². The topological polar surface area (TPSA) is 77.5 Å². The highest BCUT2D eigenvalue weighted by Gasteiger charge is 2.24. The maximum absolute atomic E-state index is 12.1. The number of aromatic nitrogens is 1. The lowest BCUT2D eigenvalue weighted by Crippen LogP contribution is -2.43. The molecule has 0 bridgehead atoms. The Kier molecular flexibility index (Phi) is 6.54. The van der Waals surface area contributed by atoms with Crippen molar-refractivity contribution in [3.63, 3.8) is 0 Å². The molecule has 0 spiro atoms. The SMILES string of the molecule is CC(=O)OC(C)OC(=O)N[C@@H](Cc1ccccn1)C1C=CC=CC1. The van der Waals surface area contributed by atoms with Crippen LogP contribution in [0.3, 0.4) is 0 Å². The number of nitrogens with one attached hydrogen (secondary N) is 1. The molecule has 24 heavy (non-hydrogen) atoms. The second kappa shape index (κ2) is 8.86. The number of nitrogens with zero attached hydrogens (tertiary/aromatic N) is 1. The molecule has 0 saturated heterocycles. The third-order valence-corrected chi connectivity index (χ3v) is 3.59. The number of hydrogen-bond acceptors (Lipinski definition) is 5. The zero-order valence-corrected chi connectivity index (χ0v) is 13.8. The van der Waals surface area contributed by atoms with Crippen molar-refractivity contribution in [2.75, 3.05) is 0 Å². The molecule has 1 aromatic rings. The third-order valence-electron chi connectivity index (χ3n) is 3.59. The first kappa shape index (κ1) is 17.7. The van der Waals surface area contributed by atoms with Crippen molar-refractivity contribution in [3.05, 3.63) is 54.4 Å². The maximum Gasteiger partial charge on any atom is 0.410 e. The lowest BCUT2D eigenvalue weighted by molar-refractivity contribution is -0.162. The summed E-state index contributed by atoms with van der Waals surface area (Å²) in [6.45, 7) is 2.76. The van der Waals surface area contributed by atoms with Crippen molar-refractivity contribution in [1.29, 1.82) is 0 Å². The second-order valence-corrected chi connectivity index (χ2v) is 5.57. The van der Waals surface area contributed by atoms with Crippen LogP contribution in [0.2, 0.25) is 0 Å². The third kappa shape index (κ3) is 5.87. The first-order valence-electron chi connectivity index (χ1n) is 7.92. The fourth-order valence-corrected chi connectivity index (χ4v) is 2.55. The lowest BCUT2D eigenvalue weighted by atomic mass is 9.89. The van der Waals surface area contributed by atoms with Crippen molar-refractivity contribution >= 4 is 12.1 Å². The van der Waals surface area contributed by atoms with E-state index in [0.717, 1.165) is 12.1 Å². The molecule has 2 rings (SSSR count). The monoisotopic (exact) mass is 330 g/mol. The number of alkyl carbamates (subject to hydrolysis) is 1. The Labute approximate surface area is 141 Å². The fourth-order valence-electron chi connectivity index (χ4n) is 2.55. The second-order valence-electron chi connectivity index (χ2n) is 5.57. The van der Waals surface area contributed by atoms with Crippen molar-refractivity contribution in [2.24, 2.45) is 5.92 Å². The summed E-state index contributed by atoms with van der Waals surface area (Å²) in [7, 11) is 0. The molecule has 6 heteroatoms. The minimum atomic E-state index is -0.931. The zero-order chi connectivity index (χ0) is 17.4. The summed E-state index contributed by atoms with van der Waals surface area (Å²) in [6.07, 6.45) is 9.66. The van der Waals surface area contributed by atoms with Gasteiger partial charge < -0.3 is 14.8 Å². The average Bonchev–Trinajstić information content (AvgIpc) is 2.55. The molecular weight excluding hydrogens is 308 g/mol. The predicted molar refractivity (Wildman–Crippen MR) is 89.0 cm³/mol. The van der Waals surface area contributed by atoms with Crippen molar-refractivity contribution in [3.8, 4) is 0 Å². The molecule has 1 aromatic heterocycles. The van der Waals surface area contributed by atoms with E-state index in [9.17, 15) is 9.59 Å². The molecule has 1 aliphatic carbocycles. The molecule has 0 saturated carbocycles. The van der Waals surface area contributed by atoms with Gasteiger partial charge in [0.05, 0.1) is 0 Å². The van der Waals surface area contributed by atoms with Gasteiger partial charge in [-0.25, -0.2) is 4.79 Å². The number of carbonyl (C=O) groups is 2. The highest BCUT2D eigenvalue weighted by molar-refractivity contribution is 5.69. The normalized spacial score (nSPS) is 18.5. The summed E-state index contributed by atoms with van der Waals surface area (Å²) in [6, 6.07) is 5.52. The molecule has 0 aliphatic heterocycles. The van der Waals surface area contributed by atoms with Crippen molar-refractivity contribution < 1.29 is 19.1 Å². The Bertz CT molecular complexity index is 613. The number of amides is 1. The smallest absolute Gasteiger partial charge is 0.410 e. The molecular formula is C18H22N2O4. The number of esters is 1. The van der Waals surface area contributed by atoms with Crippen LogP contribution < -0.4 is 5.32 Å². The van der Waals surface area contributed by atoms with Crippen LogP contribution in [0.4, 0.5) is 4.79 Å². The highest BCUT2D eigenvalue weighted by atomic mass is 16.7. The van der Waals surface area contributed by atoms with Crippen LogP contribution in [0, 0.1) is 5.92 Å². The number of ether oxygens (including phenoxy) is 2. The molecule has 128 valence electrons. The Morgan fingerprint density at radius 2 is 2.17 bits per heavy atom. The number of hydrogen-bond donors (Lipinski definition) is 1. The van der Waals surface area contributed by atoms with E-state index in [2.05, 4.69) is 22.5 Å². The van der Waals surface area contributed by atoms with Crippen LogP contribution in [0.25, 0.3) is 0 Å². The lowest BCUT2D eigenvalue weighted by Gasteiger charge is -2.26. The van der Waals surface area contributed by atoms with Crippen LogP contribution in [-0.4, -0.2) is 29.4 Å². The van der Waals surface area contributed by atoms with Crippen molar-refractivity contribution in [2.45, 2.75) is 39.0 Å². The van der Waals surface area contributed by atoms with E-state index >= 15 is 0 Å². The van der Waals surface area contributed by atoms with Gasteiger partial charge in [0, 0.05) is 44.1 Å². The number of pyridine rings is 1. The van der Waals surface area contributed by atoms with Gasteiger partial charge in [0.1, 0.15) is 0 Å². The number of carbonyl (C=O) groups excluding carboxylic acids is 2. The van der Waals surface area contributed by atoms with Gasteiger partial charge in [0.2, 0.25) is 6.29 Å². The molecule has 1 amide bonds. The highest BCUT2D eigenvalue weighted by Crippen LogP contribution is 2.19. The summed E-state index contributed by atoms with van der Waals surface area (Å²) in [5.74, 6) is -0.353. The minimum absolute atomic E-state index is 0.147. The molecule has 1 N–H and O–H groups in total. The van der Waals surface area contributed by atoms with E-state index in [1.165, 1.54) is 13.8 Å². The molecule has 0 aromatic carbocycles. The zero-order valence-electron chi connectivity index (χ0n) is 13.8. The molecule has 1 heterocycles. The molecule has 2 unspecified atom stereocenters. The molecule has 3 atom stereocenters. The van der Waals surface area contributed by atoms with Gasteiger partial charge >= 0.3 is 12.1 Å². The Morgan fingerprint density at radius 1 is 1.33 bits per heavy atom. The molecule has 6 nitrogen and oxygen atoms in total. The van der Waals surface area contributed by atoms with Crippen LogP contribution in [0.15, 0.2) is 48.7 Å². The van der Waals surface area contributed by atoms with Crippen molar-refractivity contribution in [1.82, 2.24) is 10.3 Å². The first-order chi connectivity index (χ1) is 11.5. The van der Waals surface area contributed by atoms with Gasteiger partial charge in [-0.2, -0.15) is 0 Å².